The molecule has 0 spiro atoms. The molecule has 1 heterocycles. The molecule has 2 rings (SSSR count). The Morgan fingerprint density at radius 2 is 1.54 bits per heavy atom. The number of fused-ring (bicyclic) bond motifs is 1. The Morgan fingerprint density at radius 1 is 1.00 bits per heavy atom. The Bertz CT molecular complexity index is 531. The summed E-state index contributed by atoms with van der Waals surface area (Å²) < 4.78 is 18.9. The maximum Gasteiger partial charge on any atom is 0.306 e. The van der Waals surface area contributed by atoms with E-state index < -0.39 is 16.6 Å². The molecule has 6 heteroatoms. The van der Waals surface area contributed by atoms with Crippen molar-refractivity contribution >= 4 is 22.6 Å². The highest BCUT2D eigenvalue weighted by molar-refractivity contribution is 6.74. The number of hydrogen-bond acceptors (Lipinski definition) is 4. The van der Waals surface area contributed by atoms with Crippen molar-refractivity contribution in [1.29, 1.82) is 0 Å². The molecule has 1 aliphatic carbocycles. The van der Waals surface area contributed by atoms with Gasteiger partial charge in [-0.25, -0.2) is 0 Å². The van der Waals surface area contributed by atoms with Crippen LogP contribution in [0.15, 0.2) is 0 Å². The first-order valence-corrected chi connectivity index (χ1v) is 15.9. The lowest BCUT2D eigenvalue weighted by Crippen LogP contribution is -2.47. The first-order valence-electron chi connectivity index (χ1n) is 10.1. The molecule has 0 amide bonds. The second kappa shape index (κ2) is 7.01. The van der Waals surface area contributed by atoms with Gasteiger partial charge < -0.3 is 13.6 Å². The van der Waals surface area contributed by atoms with E-state index in [-0.39, 0.29) is 40.1 Å². The predicted molar refractivity (Wildman–Crippen MR) is 111 cm³/mol. The zero-order valence-electron chi connectivity index (χ0n) is 18.6. The van der Waals surface area contributed by atoms with E-state index in [1.807, 2.05) is 0 Å². The Hall–Kier alpha value is -0.176. The van der Waals surface area contributed by atoms with E-state index >= 15 is 0 Å². The highest BCUT2D eigenvalue weighted by Crippen LogP contribution is 2.47. The number of rotatable bonds is 5. The SMILES string of the molecule is CC(C)(C)[Si](C)(C)OC[C@H]1C(O[Si](C)(C)C(C)(C)C)C[C@@H]2OC(=O)C[C@@H]21. The number of esters is 1. The van der Waals surface area contributed by atoms with Crippen molar-refractivity contribution in [2.75, 3.05) is 6.61 Å². The maximum atomic E-state index is 11.8. The number of hydrogen-bond donors (Lipinski definition) is 0. The molecule has 1 aliphatic heterocycles. The molecule has 1 unspecified atom stereocenters. The summed E-state index contributed by atoms with van der Waals surface area (Å²) in [6.07, 6.45) is 1.51. The Kier molecular flexibility index (Phi) is 5.97. The van der Waals surface area contributed by atoms with Crippen LogP contribution in [0.3, 0.4) is 0 Å². The molecule has 4 nitrogen and oxygen atoms in total. The first kappa shape index (κ1) is 22.1. The minimum absolute atomic E-state index is 0.0188. The molecule has 26 heavy (non-hydrogen) atoms. The topological polar surface area (TPSA) is 44.8 Å². The Balaban J connectivity index is 2.16. The monoisotopic (exact) mass is 400 g/mol. The van der Waals surface area contributed by atoms with Crippen LogP contribution in [0.1, 0.15) is 54.4 Å². The highest BCUT2D eigenvalue weighted by atomic mass is 28.4. The fraction of sp³-hybridized carbons (Fsp3) is 0.950. The molecule has 0 bridgehead atoms. The van der Waals surface area contributed by atoms with Crippen molar-refractivity contribution < 1.29 is 18.4 Å². The van der Waals surface area contributed by atoms with Gasteiger partial charge >= 0.3 is 5.97 Å². The van der Waals surface area contributed by atoms with E-state index in [9.17, 15) is 4.79 Å². The van der Waals surface area contributed by atoms with Crippen molar-refractivity contribution in [2.24, 2.45) is 11.8 Å². The standard InChI is InChI=1S/C20H40O4Si2/c1-19(2,3)25(7,8)22-13-15-14-11-18(21)23-16(14)12-17(15)24-26(9,10)20(4,5)6/h14-17H,11-13H2,1-10H3/t14-,15-,16+,17?/m1/s1. The molecular formula is C20H40O4Si2. The van der Waals surface area contributed by atoms with Crippen molar-refractivity contribution in [3.63, 3.8) is 0 Å². The summed E-state index contributed by atoms with van der Waals surface area (Å²) in [6, 6.07) is 0. The lowest BCUT2D eigenvalue weighted by atomic mass is 9.93. The predicted octanol–water partition coefficient (Wildman–Crippen LogP) is 5.35. The zero-order chi connectivity index (χ0) is 20.1. The van der Waals surface area contributed by atoms with Crippen LogP contribution in [-0.4, -0.2) is 41.4 Å². The first-order chi connectivity index (χ1) is 11.6. The van der Waals surface area contributed by atoms with Crippen LogP contribution in [-0.2, 0) is 18.4 Å². The zero-order valence-corrected chi connectivity index (χ0v) is 20.6. The number of carbonyl (C=O) groups excluding carboxylic acids is 1. The van der Waals surface area contributed by atoms with Gasteiger partial charge in [-0.1, -0.05) is 41.5 Å². The molecule has 0 aromatic rings. The van der Waals surface area contributed by atoms with E-state index in [0.717, 1.165) is 6.42 Å². The summed E-state index contributed by atoms with van der Waals surface area (Å²) in [7, 11) is -3.70. The van der Waals surface area contributed by atoms with Gasteiger partial charge in [-0.15, -0.1) is 0 Å². The summed E-state index contributed by atoms with van der Waals surface area (Å²) in [6.45, 7) is 23.5. The van der Waals surface area contributed by atoms with Crippen molar-refractivity contribution in [1.82, 2.24) is 0 Å². The van der Waals surface area contributed by atoms with Gasteiger partial charge in [-0.05, 0) is 36.3 Å². The third-order valence-electron chi connectivity index (χ3n) is 7.35. The molecule has 0 radical (unpaired) electrons. The minimum atomic E-state index is -1.87. The van der Waals surface area contributed by atoms with Crippen LogP contribution in [0, 0.1) is 11.8 Å². The maximum absolute atomic E-state index is 11.8. The van der Waals surface area contributed by atoms with Gasteiger partial charge in [0, 0.05) is 24.9 Å². The van der Waals surface area contributed by atoms with Crippen LogP contribution in [0.5, 0.6) is 0 Å². The van der Waals surface area contributed by atoms with Gasteiger partial charge in [0.1, 0.15) is 6.10 Å². The molecule has 152 valence electrons. The fourth-order valence-electron chi connectivity index (χ4n) is 3.40. The van der Waals surface area contributed by atoms with E-state index in [2.05, 4.69) is 67.7 Å². The van der Waals surface area contributed by atoms with Gasteiger partial charge in [0.05, 0.1) is 12.5 Å². The summed E-state index contributed by atoms with van der Waals surface area (Å²) >= 11 is 0. The summed E-state index contributed by atoms with van der Waals surface area (Å²) in [4.78, 5) is 11.8. The van der Waals surface area contributed by atoms with Crippen LogP contribution >= 0.6 is 0 Å². The lowest BCUT2D eigenvalue weighted by Gasteiger charge is -2.41. The van der Waals surface area contributed by atoms with Gasteiger partial charge in [0.15, 0.2) is 16.6 Å². The van der Waals surface area contributed by atoms with Gasteiger partial charge in [-0.3, -0.25) is 4.79 Å². The summed E-state index contributed by atoms with van der Waals surface area (Å²) in [5, 5.41) is 0.356. The smallest absolute Gasteiger partial charge is 0.306 e. The Labute approximate surface area is 162 Å². The van der Waals surface area contributed by atoms with E-state index in [1.54, 1.807) is 0 Å². The molecular weight excluding hydrogens is 360 g/mol. The van der Waals surface area contributed by atoms with Gasteiger partial charge in [0.2, 0.25) is 0 Å². The van der Waals surface area contributed by atoms with Crippen LogP contribution < -0.4 is 0 Å². The Morgan fingerprint density at radius 3 is 2.04 bits per heavy atom. The fourth-order valence-corrected chi connectivity index (χ4v) is 5.82. The molecule has 2 fully saturated rings. The van der Waals surface area contributed by atoms with E-state index in [4.69, 9.17) is 13.6 Å². The molecule has 2 aliphatic rings. The van der Waals surface area contributed by atoms with Crippen LogP contribution in [0.4, 0.5) is 0 Å². The van der Waals surface area contributed by atoms with Crippen molar-refractivity contribution in [3.8, 4) is 0 Å². The number of carbonyl (C=O) groups is 1. The third kappa shape index (κ3) is 4.45. The second-order valence-electron chi connectivity index (χ2n) is 11.3. The highest BCUT2D eigenvalue weighted by Gasteiger charge is 2.53. The molecule has 1 saturated carbocycles. The normalized spacial score (nSPS) is 30.5. The summed E-state index contributed by atoms with van der Waals surface area (Å²) in [5.74, 6) is 0.458. The van der Waals surface area contributed by atoms with Crippen LogP contribution in [0.25, 0.3) is 0 Å². The minimum Gasteiger partial charge on any atom is -0.462 e. The van der Waals surface area contributed by atoms with Crippen molar-refractivity contribution in [3.05, 3.63) is 0 Å². The van der Waals surface area contributed by atoms with E-state index in [0.29, 0.717) is 13.0 Å². The largest absolute Gasteiger partial charge is 0.462 e. The quantitative estimate of drug-likeness (QED) is 0.461. The molecule has 4 atom stereocenters. The average molecular weight is 401 g/mol. The van der Waals surface area contributed by atoms with Gasteiger partial charge in [-0.2, -0.15) is 0 Å². The molecule has 0 N–H and O–H groups in total. The average Bonchev–Trinajstić information content (AvgIpc) is 2.89. The molecule has 0 aromatic heterocycles. The third-order valence-corrected chi connectivity index (χ3v) is 16.4. The van der Waals surface area contributed by atoms with Crippen molar-refractivity contribution in [2.45, 2.75) is 103 Å². The van der Waals surface area contributed by atoms with Gasteiger partial charge in [0.25, 0.3) is 0 Å². The van der Waals surface area contributed by atoms with E-state index in [1.165, 1.54) is 0 Å². The van der Waals surface area contributed by atoms with Crippen LogP contribution in [0.2, 0.25) is 36.3 Å². The summed E-state index contributed by atoms with van der Waals surface area (Å²) in [5.41, 5.74) is 0. The lowest BCUT2D eigenvalue weighted by molar-refractivity contribution is -0.141. The molecule has 0 aromatic carbocycles. The second-order valence-corrected chi connectivity index (χ2v) is 20.8. The number of ether oxygens (including phenoxy) is 1. The molecule has 1 saturated heterocycles.